The molecular weight excluding hydrogens is 162 g/mol. The Morgan fingerprint density at radius 1 is 1.50 bits per heavy atom. The molecule has 0 spiro atoms. The molecule has 0 aromatic carbocycles. The summed E-state index contributed by atoms with van der Waals surface area (Å²) in [5, 5.41) is 17.4. The van der Waals surface area contributed by atoms with Crippen LogP contribution in [0.4, 0.5) is 4.79 Å². The van der Waals surface area contributed by atoms with Crippen LogP contribution >= 0.6 is 0 Å². The lowest BCUT2D eigenvalue weighted by atomic mass is 10.0. The monoisotopic (exact) mass is 171 g/mol. The first-order chi connectivity index (χ1) is 5.48. The Kier molecular flexibility index (Phi) is 1.79. The maximum absolute atomic E-state index is 10.7. The van der Waals surface area contributed by atoms with Crippen LogP contribution in [-0.2, 0) is 4.79 Å². The summed E-state index contributed by atoms with van der Waals surface area (Å²) in [6, 6.07) is 0. The number of carbonyl (C=O) groups is 2. The molecule has 0 aromatic heterocycles. The quantitative estimate of drug-likeness (QED) is 0.559. The Morgan fingerprint density at radius 2 is 2.08 bits per heavy atom. The molecule has 1 rings (SSSR count). The lowest BCUT2D eigenvalue weighted by molar-refractivity contribution is -0.145. The van der Waals surface area contributed by atoms with Gasteiger partial charge in [0.25, 0.3) is 0 Å². The first-order valence-corrected chi connectivity index (χ1v) is 3.40. The summed E-state index contributed by atoms with van der Waals surface area (Å²) in [7, 11) is 0. The van der Waals surface area contributed by atoms with Gasteiger partial charge < -0.3 is 10.2 Å². The van der Waals surface area contributed by atoms with Crippen molar-refractivity contribution in [3.63, 3.8) is 0 Å². The van der Waals surface area contributed by atoms with Crippen LogP contribution in [0.2, 0.25) is 0 Å². The smallest absolute Gasteiger partial charge is 0.408 e. The Morgan fingerprint density at radius 3 is 2.42 bits per heavy atom. The number of rotatable bonds is 1. The number of hydrogen-bond acceptors (Lipinski definition) is 2. The fourth-order valence-corrected chi connectivity index (χ4v) is 1.13. The van der Waals surface area contributed by atoms with Gasteiger partial charge in [-0.05, 0) is 6.92 Å². The molecular formula is C7H9NO4. The second-order valence-corrected chi connectivity index (χ2v) is 2.75. The van der Waals surface area contributed by atoms with E-state index in [0.29, 0.717) is 0 Å². The molecule has 1 aliphatic heterocycles. The highest BCUT2D eigenvalue weighted by Crippen LogP contribution is 2.22. The van der Waals surface area contributed by atoms with Crippen LogP contribution in [0.15, 0.2) is 12.2 Å². The van der Waals surface area contributed by atoms with Crippen LogP contribution in [0.3, 0.4) is 0 Å². The second-order valence-electron chi connectivity index (χ2n) is 2.75. The maximum Gasteiger partial charge on any atom is 0.408 e. The maximum atomic E-state index is 10.7. The molecule has 1 atom stereocenters. The van der Waals surface area contributed by atoms with Crippen molar-refractivity contribution in [2.75, 3.05) is 6.54 Å². The van der Waals surface area contributed by atoms with Gasteiger partial charge in [-0.25, -0.2) is 9.59 Å². The van der Waals surface area contributed by atoms with Crippen molar-refractivity contribution < 1.29 is 19.8 Å². The van der Waals surface area contributed by atoms with Crippen LogP contribution in [0.25, 0.3) is 0 Å². The van der Waals surface area contributed by atoms with E-state index in [1.165, 1.54) is 19.1 Å². The first-order valence-electron chi connectivity index (χ1n) is 3.40. The van der Waals surface area contributed by atoms with Crippen molar-refractivity contribution in [1.29, 1.82) is 0 Å². The van der Waals surface area contributed by atoms with Crippen molar-refractivity contribution in [2.24, 2.45) is 0 Å². The molecule has 0 aromatic rings. The van der Waals surface area contributed by atoms with Crippen molar-refractivity contribution in [3.8, 4) is 0 Å². The van der Waals surface area contributed by atoms with Gasteiger partial charge in [-0.15, -0.1) is 0 Å². The lowest BCUT2D eigenvalue weighted by Gasteiger charge is -2.27. The fraction of sp³-hybridized carbons (Fsp3) is 0.429. The normalized spacial score (nSPS) is 27.6. The van der Waals surface area contributed by atoms with Crippen LogP contribution in [0, 0.1) is 0 Å². The molecule has 66 valence electrons. The molecule has 1 aliphatic rings. The zero-order chi connectivity index (χ0) is 9.35. The van der Waals surface area contributed by atoms with E-state index in [2.05, 4.69) is 0 Å². The van der Waals surface area contributed by atoms with Gasteiger partial charge in [-0.1, -0.05) is 12.2 Å². The van der Waals surface area contributed by atoms with Crippen molar-refractivity contribution in [2.45, 2.75) is 12.5 Å². The first kappa shape index (κ1) is 8.58. The standard InChI is InChI=1S/C7H9NO4/c1-7(5(9)10)3-2-4-8(7)6(11)12/h2-3H,4H2,1H3,(H,9,10)(H,11,12)/t7-/m1/s1. The molecule has 1 amide bonds. The summed E-state index contributed by atoms with van der Waals surface area (Å²) < 4.78 is 0. The predicted octanol–water partition coefficient (Wildman–Crippen LogP) is 0.379. The van der Waals surface area contributed by atoms with Gasteiger partial charge in [0.05, 0.1) is 0 Å². The average Bonchev–Trinajstić information content (AvgIpc) is 2.32. The van der Waals surface area contributed by atoms with E-state index in [1.54, 1.807) is 0 Å². The van der Waals surface area contributed by atoms with Gasteiger partial charge in [0, 0.05) is 6.54 Å². The van der Waals surface area contributed by atoms with Gasteiger partial charge in [-0.2, -0.15) is 0 Å². The van der Waals surface area contributed by atoms with Gasteiger partial charge in [0.2, 0.25) is 0 Å². The highest BCUT2D eigenvalue weighted by Gasteiger charge is 2.42. The molecule has 0 bridgehead atoms. The highest BCUT2D eigenvalue weighted by atomic mass is 16.4. The van der Waals surface area contributed by atoms with Crippen LogP contribution in [0.5, 0.6) is 0 Å². The summed E-state index contributed by atoms with van der Waals surface area (Å²) in [5.41, 5.74) is -1.40. The molecule has 5 nitrogen and oxygen atoms in total. The molecule has 5 heteroatoms. The molecule has 0 radical (unpaired) electrons. The number of aliphatic carboxylic acids is 1. The van der Waals surface area contributed by atoms with Crippen molar-refractivity contribution in [1.82, 2.24) is 4.90 Å². The predicted molar refractivity (Wildman–Crippen MR) is 39.9 cm³/mol. The molecule has 2 N–H and O–H groups in total. The Hall–Kier alpha value is -1.52. The van der Waals surface area contributed by atoms with Crippen LogP contribution in [-0.4, -0.2) is 39.3 Å². The third kappa shape index (κ3) is 1.03. The highest BCUT2D eigenvalue weighted by molar-refractivity contribution is 5.86. The topological polar surface area (TPSA) is 77.8 Å². The molecule has 0 fully saturated rings. The number of carboxylic acid groups (broad SMARTS) is 2. The minimum absolute atomic E-state index is 0.137. The second kappa shape index (κ2) is 2.51. The Labute approximate surface area is 68.9 Å². The van der Waals surface area contributed by atoms with Crippen LogP contribution < -0.4 is 0 Å². The van der Waals surface area contributed by atoms with Gasteiger partial charge >= 0.3 is 12.1 Å². The van der Waals surface area contributed by atoms with E-state index in [1.807, 2.05) is 0 Å². The van der Waals surface area contributed by atoms with E-state index in [4.69, 9.17) is 10.2 Å². The average molecular weight is 171 g/mol. The van der Waals surface area contributed by atoms with Crippen molar-refractivity contribution >= 4 is 12.1 Å². The lowest BCUT2D eigenvalue weighted by Crippen LogP contribution is -2.50. The zero-order valence-corrected chi connectivity index (χ0v) is 6.52. The van der Waals surface area contributed by atoms with E-state index in [0.717, 1.165) is 4.90 Å². The Balaban J connectivity index is 2.95. The Bertz CT molecular complexity index is 260. The number of nitrogens with zero attached hydrogens (tertiary/aromatic N) is 1. The molecule has 1 heterocycles. The fourth-order valence-electron chi connectivity index (χ4n) is 1.13. The molecule has 12 heavy (non-hydrogen) atoms. The minimum atomic E-state index is -1.40. The van der Waals surface area contributed by atoms with Gasteiger partial charge in [0.1, 0.15) is 0 Å². The van der Waals surface area contributed by atoms with E-state index >= 15 is 0 Å². The third-order valence-corrected chi connectivity index (χ3v) is 1.95. The number of amides is 1. The van der Waals surface area contributed by atoms with Gasteiger partial charge in [-0.3, -0.25) is 4.90 Å². The molecule has 0 saturated heterocycles. The van der Waals surface area contributed by atoms with Gasteiger partial charge in [0.15, 0.2) is 5.54 Å². The number of carboxylic acids is 1. The molecule has 0 aliphatic carbocycles. The third-order valence-electron chi connectivity index (χ3n) is 1.95. The van der Waals surface area contributed by atoms with Crippen molar-refractivity contribution in [3.05, 3.63) is 12.2 Å². The summed E-state index contributed by atoms with van der Waals surface area (Å²) in [6.45, 7) is 1.49. The van der Waals surface area contributed by atoms with E-state index in [-0.39, 0.29) is 6.54 Å². The summed E-state index contributed by atoms with van der Waals surface area (Å²) in [5.74, 6) is -1.15. The summed E-state index contributed by atoms with van der Waals surface area (Å²) in [4.78, 5) is 22.1. The molecule has 0 unspecified atom stereocenters. The summed E-state index contributed by atoms with van der Waals surface area (Å²) >= 11 is 0. The van der Waals surface area contributed by atoms with Crippen LogP contribution in [0.1, 0.15) is 6.92 Å². The largest absolute Gasteiger partial charge is 0.479 e. The molecule has 0 saturated carbocycles. The van der Waals surface area contributed by atoms with E-state index < -0.39 is 17.6 Å². The zero-order valence-electron chi connectivity index (χ0n) is 6.52. The SMILES string of the molecule is C[C@]1(C(=O)O)C=CCN1C(=O)O. The number of hydrogen-bond donors (Lipinski definition) is 2. The van der Waals surface area contributed by atoms with E-state index in [9.17, 15) is 9.59 Å². The summed E-state index contributed by atoms with van der Waals surface area (Å²) in [6.07, 6.45) is 1.69. The minimum Gasteiger partial charge on any atom is -0.479 e.